The van der Waals surface area contributed by atoms with Crippen LogP contribution in [0.3, 0.4) is 0 Å². The van der Waals surface area contributed by atoms with Crippen molar-refractivity contribution in [1.29, 1.82) is 0 Å². The Morgan fingerprint density at radius 2 is 1.82 bits per heavy atom. The van der Waals surface area contributed by atoms with E-state index in [4.69, 9.17) is 0 Å². The van der Waals surface area contributed by atoms with Gasteiger partial charge in [0.25, 0.3) is 0 Å². The monoisotopic (exact) mass is 234 g/mol. The van der Waals surface area contributed by atoms with Crippen LogP contribution in [0.1, 0.15) is 65.7 Å². The van der Waals surface area contributed by atoms with E-state index in [-0.39, 0.29) is 0 Å². The number of allylic oxidation sites excluding steroid dienone is 2. The molecule has 0 aromatic carbocycles. The van der Waals surface area contributed by atoms with Gasteiger partial charge in [-0.3, -0.25) is 0 Å². The Morgan fingerprint density at radius 1 is 1.12 bits per heavy atom. The van der Waals surface area contributed by atoms with Crippen LogP contribution in [0.5, 0.6) is 0 Å². The van der Waals surface area contributed by atoms with Crippen molar-refractivity contribution in [2.75, 3.05) is 0 Å². The molecule has 0 heterocycles. The van der Waals surface area contributed by atoms with E-state index in [0.29, 0.717) is 16.7 Å². The normalized spacial score (nSPS) is 44.4. The summed E-state index contributed by atoms with van der Waals surface area (Å²) >= 11 is 0. The highest BCUT2D eigenvalue weighted by Gasteiger charge is 2.62. The first-order chi connectivity index (χ1) is 7.97. The van der Waals surface area contributed by atoms with Crippen LogP contribution in [-0.4, -0.2) is 5.11 Å². The quantitative estimate of drug-likeness (QED) is 0.688. The molecule has 0 radical (unpaired) electrons. The minimum Gasteiger partial charge on any atom is -0.512 e. The van der Waals surface area contributed by atoms with Crippen molar-refractivity contribution in [3.63, 3.8) is 0 Å². The lowest BCUT2D eigenvalue weighted by Gasteiger charge is -2.41. The molecule has 3 rings (SSSR count). The van der Waals surface area contributed by atoms with Crippen molar-refractivity contribution in [1.82, 2.24) is 0 Å². The molecular formula is C16H26O. The summed E-state index contributed by atoms with van der Waals surface area (Å²) in [6.45, 7) is 7.41. The van der Waals surface area contributed by atoms with E-state index in [1.165, 1.54) is 37.7 Å². The zero-order valence-corrected chi connectivity index (χ0v) is 11.6. The zero-order chi connectivity index (χ0) is 12.3. The number of rotatable bonds is 1. The molecule has 3 unspecified atom stereocenters. The van der Waals surface area contributed by atoms with Crippen molar-refractivity contribution in [2.45, 2.75) is 65.7 Å². The fraction of sp³-hybridized carbons (Fsp3) is 0.875. The number of fused-ring (bicyclic) bond motifs is 2. The Bertz CT molecular complexity index is 366. The first-order valence-electron chi connectivity index (χ1n) is 7.38. The maximum atomic E-state index is 10.2. The molecule has 3 aliphatic carbocycles. The fourth-order valence-corrected chi connectivity index (χ4v) is 5.02. The molecule has 0 amide bonds. The van der Waals surface area contributed by atoms with Crippen LogP contribution in [0.4, 0.5) is 0 Å². The van der Waals surface area contributed by atoms with Crippen molar-refractivity contribution >= 4 is 0 Å². The second kappa shape index (κ2) is 3.52. The molecule has 2 saturated carbocycles. The molecule has 0 spiro atoms. The largest absolute Gasteiger partial charge is 0.512 e. The summed E-state index contributed by atoms with van der Waals surface area (Å²) in [5.74, 6) is 2.32. The molecule has 1 N–H and O–H groups in total. The lowest BCUT2D eigenvalue weighted by molar-refractivity contribution is 0.113. The van der Waals surface area contributed by atoms with Gasteiger partial charge in [-0.15, -0.1) is 0 Å². The molecule has 17 heavy (non-hydrogen) atoms. The minimum atomic E-state index is 0.443. The maximum absolute atomic E-state index is 10.2. The first-order valence-corrected chi connectivity index (χ1v) is 7.38. The van der Waals surface area contributed by atoms with Crippen molar-refractivity contribution in [2.24, 2.45) is 22.7 Å². The molecular weight excluding hydrogens is 208 g/mol. The third-order valence-electron chi connectivity index (χ3n) is 6.70. The van der Waals surface area contributed by atoms with Gasteiger partial charge < -0.3 is 5.11 Å². The Labute approximate surface area is 105 Å². The summed E-state index contributed by atoms with van der Waals surface area (Å²) in [4.78, 5) is 0. The van der Waals surface area contributed by atoms with Crippen molar-refractivity contribution in [3.05, 3.63) is 11.3 Å². The van der Waals surface area contributed by atoms with Crippen LogP contribution < -0.4 is 0 Å². The number of aliphatic hydroxyl groups excluding tert-OH is 1. The molecule has 2 bridgehead atoms. The fourth-order valence-electron chi connectivity index (χ4n) is 5.02. The Balaban J connectivity index is 1.97. The van der Waals surface area contributed by atoms with Crippen LogP contribution in [0.2, 0.25) is 0 Å². The van der Waals surface area contributed by atoms with Gasteiger partial charge in [0.15, 0.2) is 0 Å². The van der Waals surface area contributed by atoms with Gasteiger partial charge >= 0.3 is 0 Å². The summed E-state index contributed by atoms with van der Waals surface area (Å²) in [5.41, 5.74) is 2.36. The highest BCUT2D eigenvalue weighted by atomic mass is 16.3. The Hall–Kier alpha value is -0.460. The molecule has 0 aromatic rings. The first kappa shape index (κ1) is 11.6. The highest BCUT2D eigenvalue weighted by Crippen LogP contribution is 2.70. The minimum absolute atomic E-state index is 0.443. The summed E-state index contributed by atoms with van der Waals surface area (Å²) in [6, 6.07) is 0. The van der Waals surface area contributed by atoms with Gasteiger partial charge in [-0.25, -0.2) is 0 Å². The summed E-state index contributed by atoms with van der Waals surface area (Å²) in [7, 11) is 0. The SMILES string of the molecule is CC1(C)C2CCC1(C)C(C1=C(O)CCCC1)C2. The number of hydrogen-bond donors (Lipinski definition) is 1. The Morgan fingerprint density at radius 3 is 2.35 bits per heavy atom. The highest BCUT2D eigenvalue weighted by molar-refractivity contribution is 5.24. The van der Waals surface area contributed by atoms with Crippen molar-refractivity contribution < 1.29 is 5.11 Å². The van der Waals surface area contributed by atoms with Crippen LogP contribution in [0, 0.1) is 22.7 Å². The van der Waals surface area contributed by atoms with E-state index in [1.807, 2.05) is 0 Å². The second-order valence-corrected chi connectivity index (χ2v) is 7.34. The van der Waals surface area contributed by atoms with E-state index in [0.717, 1.165) is 24.5 Å². The van der Waals surface area contributed by atoms with Gasteiger partial charge in [0.05, 0.1) is 5.76 Å². The molecule has 2 fully saturated rings. The maximum Gasteiger partial charge on any atom is 0.0917 e. The zero-order valence-electron chi connectivity index (χ0n) is 11.6. The van der Waals surface area contributed by atoms with Crippen molar-refractivity contribution in [3.8, 4) is 0 Å². The summed E-state index contributed by atoms with van der Waals surface area (Å²) in [6.07, 6.45) is 8.69. The molecule has 96 valence electrons. The van der Waals surface area contributed by atoms with Crippen LogP contribution in [0.25, 0.3) is 0 Å². The third-order valence-corrected chi connectivity index (χ3v) is 6.70. The molecule has 3 aliphatic rings. The Kier molecular flexibility index (Phi) is 2.41. The van der Waals surface area contributed by atoms with E-state index in [9.17, 15) is 5.11 Å². The topological polar surface area (TPSA) is 20.2 Å². The van der Waals surface area contributed by atoms with E-state index in [1.54, 1.807) is 0 Å². The van der Waals surface area contributed by atoms with Gasteiger partial charge in [0, 0.05) is 6.42 Å². The van der Waals surface area contributed by atoms with Gasteiger partial charge in [-0.05, 0) is 66.8 Å². The molecule has 1 heteroatoms. The average molecular weight is 234 g/mol. The second-order valence-electron chi connectivity index (χ2n) is 7.34. The molecule has 3 atom stereocenters. The molecule has 1 nitrogen and oxygen atoms in total. The number of hydrogen-bond acceptors (Lipinski definition) is 1. The van der Waals surface area contributed by atoms with Gasteiger partial charge in [-0.1, -0.05) is 20.8 Å². The molecule has 0 saturated heterocycles. The standard InChI is InChI=1S/C16H26O/c1-15(2)11-8-9-16(15,3)13(10-11)12-6-4-5-7-14(12)17/h11,13,17H,4-10H2,1-3H3. The van der Waals surface area contributed by atoms with Crippen LogP contribution in [-0.2, 0) is 0 Å². The lowest BCUT2D eigenvalue weighted by atomic mass is 9.63. The summed E-state index contributed by atoms with van der Waals surface area (Å²) < 4.78 is 0. The van der Waals surface area contributed by atoms with Gasteiger partial charge in [0.2, 0.25) is 0 Å². The average Bonchev–Trinajstić information content (AvgIpc) is 2.62. The van der Waals surface area contributed by atoms with E-state index in [2.05, 4.69) is 20.8 Å². The van der Waals surface area contributed by atoms with Gasteiger partial charge in [0.1, 0.15) is 0 Å². The third kappa shape index (κ3) is 1.37. The molecule has 0 aromatic heterocycles. The van der Waals surface area contributed by atoms with E-state index < -0.39 is 0 Å². The lowest BCUT2D eigenvalue weighted by Crippen LogP contribution is -2.33. The predicted molar refractivity (Wildman–Crippen MR) is 70.8 cm³/mol. The van der Waals surface area contributed by atoms with Crippen LogP contribution >= 0.6 is 0 Å². The molecule has 0 aliphatic heterocycles. The number of aliphatic hydroxyl groups is 1. The predicted octanol–water partition coefficient (Wildman–Crippen LogP) is 4.83. The summed E-state index contributed by atoms with van der Waals surface area (Å²) in [5, 5.41) is 10.2. The van der Waals surface area contributed by atoms with Gasteiger partial charge in [-0.2, -0.15) is 0 Å². The van der Waals surface area contributed by atoms with E-state index >= 15 is 0 Å². The van der Waals surface area contributed by atoms with Crippen LogP contribution in [0.15, 0.2) is 11.3 Å². The smallest absolute Gasteiger partial charge is 0.0917 e.